The van der Waals surface area contributed by atoms with Gasteiger partial charge in [-0.1, -0.05) is 11.6 Å². The molecule has 0 aliphatic carbocycles. The Morgan fingerprint density at radius 3 is 2.73 bits per heavy atom. The van der Waals surface area contributed by atoms with Gasteiger partial charge < -0.3 is 9.64 Å². The van der Waals surface area contributed by atoms with Crippen molar-refractivity contribution in [3.05, 3.63) is 40.2 Å². The molecule has 0 spiro atoms. The first-order valence-corrected chi connectivity index (χ1v) is 8.80. The number of aryl methyl sites for hydroxylation is 2. The Labute approximate surface area is 156 Å². The van der Waals surface area contributed by atoms with Crippen LogP contribution < -0.4 is 9.64 Å². The third-order valence-corrected chi connectivity index (χ3v) is 4.70. The highest BCUT2D eigenvalue weighted by atomic mass is 35.5. The molecule has 0 aromatic carbocycles. The fourth-order valence-electron chi connectivity index (χ4n) is 3.00. The van der Waals surface area contributed by atoms with Crippen LogP contribution in [0.25, 0.3) is 0 Å². The summed E-state index contributed by atoms with van der Waals surface area (Å²) < 4.78 is 19.6. The quantitative estimate of drug-likeness (QED) is 0.814. The Balaban J connectivity index is 1.57. The van der Waals surface area contributed by atoms with Gasteiger partial charge in [0, 0.05) is 19.3 Å². The molecule has 3 rings (SSSR count). The Morgan fingerprint density at radius 1 is 1.35 bits per heavy atom. The van der Waals surface area contributed by atoms with E-state index in [9.17, 15) is 4.39 Å². The van der Waals surface area contributed by atoms with Crippen molar-refractivity contribution >= 4 is 17.4 Å². The number of ether oxygens (including phenoxy) is 1. The number of nitrogens with zero attached hydrogens (tertiary/aromatic N) is 5. The lowest BCUT2D eigenvalue weighted by molar-refractivity contribution is 0.206. The average Bonchev–Trinajstić information content (AvgIpc) is 2.64. The number of anilines is 1. The molecular weight excluding hydrogens is 357 g/mol. The first-order chi connectivity index (χ1) is 12.5. The van der Waals surface area contributed by atoms with Crippen molar-refractivity contribution in [1.82, 2.24) is 15.0 Å². The minimum Gasteiger partial charge on any atom is -0.475 e. The molecule has 1 saturated heterocycles. The second-order valence-corrected chi connectivity index (χ2v) is 6.77. The summed E-state index contributed by atoms with van der Waals surface area (Å²) in [6, 6.07) is 3.65. The van der Waals surface area contributed by atoms with E-state index in [1.165, 1.54) is 6.20 Å². The molecule has 1 aliphatic heterocycles. The van der Waals surface area contributed by atoms with E-state index < -0.39 is 5.82 Å². The fraction of sp³-hybridized carbons (Fsp3) is 0.444. The van der Waals surface area contributed by atoms with Gasteiger partial charge in [-0.05, 0) is 38.7 Å². The third kappa shape index (κ3) is 4.02. The maximum absolute atomic E-state index is 14.0. The molecule has 8 heteroatoms. The van der Waals surface area contributed by atoms with Crippen LogP contribution in [0.4, 0.5) is 10.2 Å². The van der Waals surface area contributed by atoms with Gasteiger partial charge in [0.15, 0.2) is 0 Å². The molecule has 0 saturated carbocycles. The van der Waals surface area contributed by atoms with Gasteiger partial charge in [0.2, 0.25) is 5.82 Å². The van der Waals surface area contributed by atoms with Gasteiger partial charge in [-0.25, -0.2) is 9.97 Å². The van der Waals surface area contributed by atoms with Crippen LogP contribution in [-0.2, 0) is 0 Å². The minimum absolute atomic E-state index is 0.0224. The molecule has 0 N–H and O–H groups in total. The van der Waals surface area contributed by atoms with Crippen molar-refractivity contribution < 1.29 is 9.13 Å². The predicted molar refractivity (Wildman–Crippen MR) is 95.9 cm³/mol. The summed E-state index contributed by atoms with van der Waals surface area (Å²) in [7, 11) is 0. The molecular formula is C18H19ClFN5O. The number of halogens is 2. The van der Waals surface area contributed by atoms with Gasteiger partial charge >= 0.3 is 0 Å². The van der Waals surface area contributed by atoms with Crippen LogP contribution in [0, 0.1) is 36.9 Å². The zero-order valence-corrected chi connectivity index (χ0v) is 15.4. The second-order valence-electron chi connectivity index (χ2n) is 6.36. The molecule has 0 bridgehead atoms. The summed E-state index contributed by atoms with van der Waals surface area (Å²) in [6.45, 7) is 5.28. The van der Waals surface area contributed by atoms with Crippen molar-refractivity contribution in [3.8, 4) is 11.9 Å². The van der Waals surface area contributed by atoms with E-state index in [1.807, 2.05) is 6.07 Å². The summed E-state index contributed by atoms with van der Waals surface area (Å²) >= 11 is 6.23. The van der Waals surface area contributed by atoms with Crippen molar-refractivity contribution in [3.63, 3.8) is 0 Å². The van der Waals surface area contributed by atoms with Gasteiger partial charge in [-0.3, -0.25) is 0 Å². The zero-order chi connectivity index (χ0) is 18.7. The summed E-state index contributed by atoms with van der Waals surface area (Å²) in [5.74, 6) is 1.02. The van der Waals surface area contributed by atoms with Crippen molar-refractivity contribution in [1.29, 1.82) is 5.26 Å². The smallest absolute Gasteiger partial charge is 0.254 e. The van der Waals surface area contributed by atoms with Gasteiger partial charge in [0.25, 0.3) is 5.88 Å². The topological polar surface area (TPSA) is 74.9 Å². The Bertz CT molecular complexity index is 846. The number of piperidine rings is 1. The molecule has 0 amide bonds. The molecule has 0 unspecified atom stereocenters. The predicted octanol–water partition coefficient (Wildman–Crippen LogP) is 3.45. The largest absolute Gasteiger partial charge is 0.475 e. The second kappa shape index (κ2) is 7.83. The normalized spacial score (nSPS) is 15.0. The standard InChI is InChI=1S/C18H19ClFN5O/c1-11-16(20)18(24-12(2)23-11)26-10-13-3-5-25(6-4-13)17-15(19)7-14(8-21)9-22-17/h7,9,13H,3-6,10H2,1-2H3. The molecule has 3 heterocycles. The van der Waals surface area contributed by atoms with Crippen molar-refractivity contribution in [2.75, 3.05) is 24.6 Å². The molecule has 6 nitrogen and oxygen atoms in total. The van der Waals surface area contributed by atoms with Crippen LogP contribution in [-0.4, -0.2) is 34.6 Å². The number of hydrogen-bond donors (Lipinski definition) is 0. The van der Waals surface area contributed by atoms with Gasteiger partial charge in [-0.15, -0.1) is 0 Å². The number of aromatic nitrogens is 3. The van der Waals surface area contributed by atoms with Crippen LogP contribution >= 0.6 is 11.6 Å². The van der Waals surface area contributed by atoms with Crippen LogP contribution in [0.5, 0.6) is 5.88 Å². The monoisotopic (exact) mass is 375 g/mol. The van der Waals surface area contributed by atoms with Crippen LogP contribution in [0.3, 0.4) is 0 Å². The number of nitriles is 1. The highest BCUT2D eigenvalue weighted by Gasteiger charge is 2.23. The van der Waals surface area contributed by atoms with Crippen LogP contribution in [0.15, 0.2) is 12.3 Å². The van der Waals surface area contributed by atoms with E-state index in [1.54, 1.807) is 19.9 Å². The summed E-state index contributed by atoms with van der Waals surface area (Å²) in [4.78, 5) is 14.4. The van der Waals surface area contributed by atoms with E-state index in [0.29, 0.717) is 40.4 Å². The molecule has 26 heavy (non-hydrogen) atoms. The molecule has 0 atom stereocenters. The van der Waals surface area contributed by atoms with Crippen molar-refractivity contribution in [2.24, 2.45) is 5.92 Å². The Hall–Kier alpha value is -2.46. The molecule has 1 aliphatic rings. The number of rotatable bonds is 4. The van der Waals surface area contributed by atoms with Gasteiger partial charge in [-0.2, -0.15) is 14.6 Å². The summed E-state index contributed by atoms with van der Waals surface area (Å²) in [5, 5.41) is 9.37. The number of pyridine rings is 1. The van der Waals surface area contributed by atoms with E-state index in [2.05, 4.69) is 19.9 Å². The summed E-state index contributed by atoms with van der Waals surface area (Å²) in [6.07, 6.45) is 3.28. The molecule has 0 radical (unpaired) electrons. The van der Waals surface area contributed by atoms with E-state index in [4.69, 9.17) is 21.6 Å². The molecule has 2 aromatic rings. The lowest BCUT2D eigenvalue weighted by atomic mass is 9.98. The van der Waals surface area contributed by atoms with E-state index in [-0.39, 0.29) is 5.88 Å². The first kappa shape index (κ1) is 18.3. The lowest BCUT2D eigenvalue weighted by Gasteiger charge is -2.33. The van der Waals surface area contributed by atoms with Crippen molar-refractivity contribution in [2.45, 2.75) is 26.7 Å². The minimum atomic E-state index is -0.499. The highest BCUT2D eigenvalue weighted by molar-refractivity contribution is 6.33. The third-order valence-electron chi connectivity index (χ3n) is 4.42. The maximum atomic E-state index is 14.0. The molecule has 136 valence electrons. The average molecular weight is 376 g/mol. The Morgan fingerprint density at radius 2 is 2.08 bits per heavy atom. The lowest BCUT2D eigenvalue weighted by Crippen LogP contribution is -2.36. The van der Waals surface area contributed by atoms with Crippen LogP contribution in [0.1, 0.15) is 29.9 Å². The van der Waals surface area contributed by atoms with E-state index >= 15 is 0 Å². The zero-order valence-electron chi connectivity index (χ0n) is 14.7. The van der Waals surface area contributed by atoms with Gasteiger partial charge in [0.05, 0.1) is 22.9 Å². The number of hydrogen-bond acceptors (Lipinski definition) is 6. The maximum Gasteiger partial charge on any atom is 0.254 e. The Kier molecular flexibility index (Phi) is 5.52. The van der Waals surface area contributed by atoms with Gasteiger partial charge in [0.1, 0.15) is 17.7 Å². The SMILES string of the molecule is Cc1nc(C)c(F)c(OCC2CCN(c3ncc(C#N)cc3Cl)CC2)n1. The van der Waals surface area contributed by atoms with E-state index in [0.717, 1.165) is 25.9 Å². The fourth-order valence-corrected chi connectivity index (χ4v) is 3.28. The molecule has 1 fully saturated rings. The highest BCUT2D eigenvalue weighted by Crippen LogP contribution is 2.28. The summed E-state index contributed by atoms with van der Waals surface area (Å²) in [5.41, 5.74) is 0.739. The first-order valence-electron chi connectivity index (χ1n) is 8.42. The van der Waals surface area contributed by atoms with Crippen LogP contribution in [0.2, 0.25) is 5.02 Å². The molecule has 2 aromatic heterocycles.